The van der Waals surface area contributed by atoms with Crippen LogP contribution in [0.25, 0.3) is 20.5 Å². The Balaban J connectivity index is 1.53. The van der Waals surface area contributed by atoms with Gasteiger partial charge in [0.05, 0.1) is 11.5 Å². The third-order valence-electron chi connectivity index (χ3n) is 5.69. The first-order valence-corrected chi connectivity index (χ1v) is 13.8. The zero-order valence-corrected chi connectivity index (χ0v) is 21.7. The quantitative estimate of drug-likeness (QED) is 0.222. The maximum absolute atomic E-state index is 13.6. The highest BCUT2D eigenvalue weighted by Crippen LogP contribution is 2.39. The summed E-state index contributed by atoms with van der Waals surface area (Å²) >= 11 is 4.38. The van der Waals surface area contributed by atoms with Gasteiger partial charge < -0.3 is 10.1 Å². The number of hydrogen-bond acceptors (Lipinski definition) is 6. The Bertz CT molecular complexity index is 1490. The van der Waals surface area contributed by atoms with Gasteiger partial charge in [-0.3, -0.25) is 4.79 Å². The fourth-order valence-electron chi connectivity index (χ4n) is 4.00. The fourth-order valence-corrected chi connectivity index (χ4v) is 6.88. The SMILES string of the molecule is CCOC(=O)c1c(-c2cccs2)csc1NC(=O)c1sc2ccccc2c1Cc1ccc(C)cc1. The van der Waals surface area contributed by atoms with Gasteiger partial charge in [-0.25, -0.2) is 4.79 Å². The summed E-state index contributed by atoms with van der Waals surface area (Å²) in [5.41, 5.74) is 4.55. The van der Waals surface area contributed by atoms with E-state index < -0.39 is 5.97 Å². The summed E-state index contributed by atoms with van der Waals surface area (Å²) in [7, 11) is 0. The predicted octanol–water partition coefficient (Wildman–Crippen LogP) is 8.02. The van der Waals surface area contributed by atoms with Crippen molar-refractivity contribution in [1.82, 2.24) is 0 Å². The minimum atomic E-state index is -0.427. The molecule has 0 saturated heterocycles. The van der Waals surface area contributed by atoms with Crippen molar-refractivity contribution in [2.75, 3.05) is 11.9 Å². The largest absolute Gasteiger partial charge is 0.462 e. The lowest BCUT2D eigenvalue weighted by molar-refractivity contribution is 0.0529. The van der Waals surface area contributed by atoms with E-state index in [2.05, 4.69) is 42.6 Å². The van der Waals surface area contributed by atoms with E-state index >= 15 is 0 Å². The molecular weight excluding hydrogens is 495 g/mol. The summed E-state index contributed by atoms with van der Waals surface area (Å²) in [6.07, 6.45) is 0.655. The number of anilines is 1. The van der Waals surface area contributed by atoms with E-state index in [1.807, 2.05) is 41.1 Å². The number of carbonyl (C=O) groups excluding carboxylic acids is 2. The molecule has 0 bridgehead atoms. The number of thiophene rings is 3. The Morgan fingerprint density at radius 3 is 2.51 bits per heavy atom. The van der Waals surface area contributed by atoms with Crippen molar-refractivity contribution >= 4 is 61.0 Å². The maximum atomic E-state index is 13.6. The van der Waals surface area contributed by atoms with Gasteiger partial charge in [0.2, 0.25) is 0 Å². The molecule has 1 N–H and O–H groups in total. The minimum absolute atomic E-state index is 0.210. The first-order chi connectivity index (χ1) is 17.0. The monoisotopic (exact) mass is 517 g/mol. The van der Waals surface area contributed by atoms with Crippen molar-refractivity contribution in [3.63, 3.8) is 0 Å². The lowest BCUT2D eigenvalue weighted by Crippen LogP contribution is -2.15. The standard InChI is InChI=1S/C28H23NO3S3/c1-3-32-28(31)24-21(22-9-6-14-33-22)16-34-27(24)29-26(30)25-20(15-18-12-10-17(2)11-13-18)19-7-4-5-8-23(19)35-25/h4-14,16H,3,15H2,1-2H3,(H,29,30). The number of ether oxygens (including phenoxy) is 1. The summed E-state index contributed by atoms with van der Waals surface area (Å²) in [5.74, 6) is -0.637. The highest BCUT2D eigenvalue weighted by Gasteiger charge is 2.25. The molecule has 0 aliphatic carbocycles. The molecule has 0 spiro atoms. The number of hydrogen-bond donors (Lipinski definition) is 1. The van der Waals surface area contributed by atoms with Gasteiger partial charge >= 0.3 is 5.97 Å². The van der Waals surface area contributed by atoms with Crippen molar-refractivity contribution in [3.8, 4) is 10.4 Å². The van der Waals surface area contributed by atoms with Crippen LogP contribution >= 0.6 is 34.0 Å². The first kappa shape index (κ1) is 23.5. The van der Waals surface area contributed by atoms with Gasteiger partial charge in [0.25, 0.3) is 5.91 Å². The molecule has 5 rings (SSSR count). The smallest absolute Gasteiger partial charge is 0.341 e. The van der Waals surface area contributed by atoms with Crippen LogP contribution in [-0.2, 0) is 11.2 Å². The summed E-state index contributed by atoms with van der Waals surface area (Å²) < 4.78 is 6.40. The second kappa shape index (κ2) is 10.2. The van der Waals surface area contributed by atoms with Crippen molar-refractivity contribution in [3.05, 3.63) is 98.6 Å². The van der Waals surface area contributed by atoms with Crippen LogP contribution in [0.4, 0.5) is 5.00 Å². The van der Waals surface area contributed by atoms with Crippen LogP contribution in [0.15, 0.2) is 71.4 Å². The number of benzene rings is 2. The van der Waals surface area contributed by atoms with Crippen LogP contribution < -0.4 is 5.32 Å². The van der Waals surface area contributed by atoms with E-state index in [1.54, 1.807) is 18.3 Å². The van der Waals surface area contributed by atoms with Gasteiger partial charge in [0.1, 0.15) is 10.6 Å². The fraction of sp³-hybridized carbons (Fsp3) is 0.143. The number of aryl methyl sites for hydroxylation is 1. The summed E-state index contributed by atoms with van der Waals surface area (Å²) in [5, 5.41) is 8.51. The van der Waals surface area contributed by atoms with Gasteiger partial charge in [0, 0.05) is 20.5 Å². The zero-order chi connectivity index (χ0) is 24.4. The molecule has 0 saturated carbocycles. The molecule has 4 nitrogen and oxygen atoms in total. The van der Waals surface area contributed by atoms with Crippen molar-refractivity contribution in [2.24, 2.45) is 0 Å². The van der Waals surface area contributed by atoms with Crippen LogP contribution in [0.1, 0.15) is 43.6 Å². The van der Waals surface area contributed by atoms with Gasteiger partial charge in [-0.2, -0.15) is 0 Å². The van der Waals surface area contributed by atoms with Crippen LogP contribution in [0.3, 0.4) is 0 Å². The number of esters is 1. The number of rotatable bonds is 7. The minimum Gasteiger partial charge on any atom is -0.462 e. The second-order valence-electron chi connectivity index (χ2n) is 8.07. The molecular formula is C28H23NO3S3. The number of nitrogens with one attached hydrogen (secondary N) is 1. The molecule has 0 aliphatic rings. The molecule has 0 radical (unpaired) electrons. The average molecular weight is 518 g/mol. The van der Waals surface area contributed by atoms with Gasteiger partial charge in [-0.15, -0.1) is 34.0 Å². The molecule has 176 valence electrons. The number of fused-ring (bicyclic) bond motifs is 1. The van der Waals surface area contributed by atoms with Gasteiger partial charge in [0.15, 0.2) is 0 Å². The van der Waals surface area contributed by atoms with E-state index in [1.165, 1.54) is 28.2 Å². The Morgan fingerprint density at radius 1 is 0.971 bits per heavy atom. The van der Waals surface area contributed by atoms with E-state index in [0.29, 0.717) is 21.9 Å². The van der Waals surface area contributed by atoms with Crippen LogP contribution in [-0.4, -0.2) is 18.5 Å². The first-order valence-electron chi connectivity index (χ1n) is 11.2. The molecule has 3 aromatic heterocycles. The molecule has 0 fully saturated rings. The lowest BCUT2D eigenvalue weighted by atomic mass is 10.0. The van der Waals surface area contributed by atoms with Crippen LogP contribution in [0.2, 0.25) is 0 Å². The summed E-state index contributed by atoms with van der Waals surface area (Å²) in [4.78, 5) is 28.1. The zero-order valence-electron chi connectivity index (χ0n) is 19.3. The molecule has 35 heavy (non-hydrogen) atoms. The maximum Gasteiger partial charge on any atom is 0.341 e. The van der Waals surface area contributed by atoms with Crippen LogP contribution in [0.5, 0.6) is 0 Å². The Morgan fingerprint density at radius 2 is 1.77 bits per heavy atom. The topological polar surface area (TPSA) is 55.4 Å². The Labute approximate surface area is 215 Å². The molecule has 0 aliphatic heterocycles. The van der Waals surface area contributed by atoms with E-state index in [-0.39, 0.29) is 12.5 Å². The normalized spacial score (nSPS) is 11.0. The molecule has 5 aromatic rings. The molecule has 0 unspecified atom stereocenters. The summed E-state index contributed by atoms with van der Waals surface area (Å²) in [6.45, 7) is 4.11. The lowest BCUT2D eigenvalue weighted by Gasteiger charge is -2.09. The second-order valence-corrected chi connectivity index (χ2v) is 11.0. The summed E-state index contributed by atoms with van der Waals surface area (Å²) in [6, 6.07) is 20.4. The van der Waals surface area contributed by atoms with Crippen molar-refractivity contribution in [1.29, 1.82) is 0 Å². The Hall–Kier alpha value is -3.26. The van der Waals surface area contributed by atoms with Crippen molar-refractivity contribution < 1.29 is 14.3 Å². The highest BCUT2D eigenvalue weighted by molar-refractivity contribution is 7.21. The van der Waals surface area contributed by atoms with Gasteiger partial charge in [-0.1, -0.05) is 54.1 Å². The molecule has 1 amide bonds. The number of amides is 1. The molecule has 2 aromatic carbocycles. The highest BCUT2D eigenvalue weighted by atomic mass is 32.1. The predicted molar refractivity (Wildman–Crippen MR) is 147 cm³/mol. The third-order valence-corrected chi connectivity index (χ3v) is 8.70. The van der Waals surface area contributed by atoms with E-state index in [9.17, 15) is 9.59 Å². The van der Waals surface area contributed by atoms with E-state index in [4.69, 9.17) is 4.74 Å². The number of carbonyl (C=O) groups is 2. The molecule has 7 heteroatoms. The average Bonchev–Trinajstić information content (AvgIpc) is 3.60. The van der Waals surface area contributed by atoms with E-state index in [0.717, 1.165) is 31.7 Å². The van der Waals surface area contributed by atoms with Crippen molar-refractivity contribution in [2.45, 2.75) is 20.3 Å². The van der Waals surface area contributed by atoms with Crippen LogP contribution in [0, 0.1) is 6.92 Å². The third kappa shape index (κ3) is 4.80. The Kier molecular flexibility index (Phi) is 6.81. The molecule has 0 atom stereocenters. The van der Waals surface area contributed by atoms with Gasteiger partial charge in [-0.05, 0) is 54.3 Å². The molecule has 3 heterocycles.